The molecule has 0 radical (unpaired) electrons. The lowest BCUT2D eigenvalue weighted by atomic mass is 10.0. The summed E-state index contributed by atoms with van der Waals surface area (Å²) in [5.41, 5.74) is 2.08. The molecule has 2 rings (SSSR count). The van der Waals surface area contributed by atoms with Crippen molar-refractivity contribution < 1.29 is 4.74 Å². The van der Waals surface area contributed by atoms with Crippen LogP contribution in [0.15, 0.2) is 22.7 Å². The van der Waals surface area contributed by atoms with E-state index in [0.29, 0.717) is 19.1 Å². The largest absolute Gasteiger partial charge is 0.380 e. The number of halogens is 2. The minimum absolute atomic E-state index is 0.140. The Balaban J connectivity index is 2.59. The van der Waals surface area contributed by atoms with E-state index < -0.39 is 0 Å². The number of ether oxygens (including phenoxy) is 1. The highest BCUT2D eigenvalue weighted by atomic mass is 79.9. The van der Waals surface area contributed by atoms with Crippen molar-refractivity contribution in [3.63, 3.8) is 0 Å². The van der Waals surface area contributed by atoms with Crippen molar-refractivity contribution in [3.8, 4) is 0 Å². The van der Waals surface area contributed by atoms with Crippen molar-refractivity contribution in [2.45, 2.75) is 39.1 Å². The number of fused-ring (bicyclic) bond motifs is 1. The summed E-state index contributed by atoms with van der Waals surface area (Å²) in [5.74, 6) is 1.34. The minimum Gasteiger partial charge on any atom is -0.380 e. The van der Waals surface area contributed by atoms with Gasteiger partial charge in [-0.1, -0.05) is 29.8 Å². The van der Waals surface area contributed by atoms with Gasteiger partial charge in [-0.15, -0.1) is 11.6 Å². The summed E-state index contributed by atoms with van der Waals surface area (Å²) in [6.07, 6.45) is 0. The first-order valence-corrected chi connectivity index (χ1v) is 8.57. The van der Waals surface area contributed by atoms with Crippen LogP contribution in [0.25, 0.3) is 11.0 Å². The van der Waals surface area contributed by atoms with Gasteiger partial charge in [-0.25, -0.2) is 4.98 Å². The highest BCUT2D eigenvalue weighted by Crippen LogP contribution is 2.32. The fourth-order valence-corrected chi connectivity index (χ4v) is 3.03. The Kier molecular flexibility index (Phi) is 5.69. The maximum absolute atomic E-state index is 6.37. The van der Waals surface area contributed by atoms with Crippen LogP contribution in [0.4, 0.5) is 0 Å². The lowest BCUT2D eigenvalue weighted by molar-refractivity contribution is 0.0968. The van der Waals surface area contributed by atoms with Crippen LogP contribution in [0.5, 0.6) is 0 Å². The first kappa shape index (κ1) is 16.8. The topological polar surface area (TPSA) is 27.1 Å². The molecule has 0 spiro atoms. The Labute approximate surface area is 139 Å². The summed E-state index contributed by atoms with van der Waals surface area (Å²) in [5, 5.41) is -0.140. The Morgan fingerprint density at radius 1 is 1.33 bits per heavy atom. The Morgan fingerprint density at radius 3 is 2.62 bits per heavy atom. The van der Waals surface area contributed by atoms with E-state index >= 15 is 0 Å². The monoisotopic (exact) mass is 372 g/mol. The molecule has 2 unspecified atom stereocenters. The molecular weight excluding hydrogens is 352 g/mol. The van der Waals surface area contributed by atoms with Crippen LogP contribution in [0.1, 0.15) is 44.9 Å². The third kappa shape index (κ3) is 3.61. The zero-order valence-electron chi connectivity index (χ0n) is 12.9. The molecule has 0 saturated heterocycles. The smallest absolute Gasteiger partial charge is 0.128 e. The maximum atomic E-state index is 6.37. The van der Waals surface area contributed by atoms with Crippen molar-refractivity contribution in [3.05, 3.63) is 28.5 Å². The summed E-state index contributed by atoms with van der Waals surface area (Å²) >= 11 is 9.87. The third-order valence-corrected chi connectivity index (χ3v) is 4.32. The quantitative estimate of drug-likeness (QED) is 0.640. The van der Waals surface area contributed by atoms with Gasteiger partial charge in [-0.2, -0.15) is 0 Å². The first-order valence-electron chi connectivity index (χ1n) is 7.34. The molecule has 0 aliphatic rings. The number of hydrogen-bond donors (Lipinski definition) is 0. The summed E-state index contributed by atoms with van der Waals surface area (Å²) in [6.45, 7) is 9.78. The summed E-state index contributed by atoms with van der Waals surface area (Å²) in [7, 11) is 0. The summed E-state index contributed by atoms with van der Waals surface area (Å²) in [6, 6.07) is 6.40. The SMILES string of the molecule is CCOCC(C(C)C)n1c(C(C)Cl)nc2cc(Br)ccc21. The fraction of sp³-hybridized carbons (Fsp3) is 0.562. The van der Waals surface area contributed by atoms with Crippen LogP contribution >= 0.6 is 27.5 Å². The molecule has 5 heteroatoms. The predicted octanol–water partition coefficient (Wildman–Crippen LogP) is 5.33. The first-order chi connectivity index (χ1) is 9.95. The second-order valence-corrected chi connectivity index (χ2v) is 7.13. The van der Waals surface area contributed by atoms with Crippen LogP contribution in [-0.4, -0.2) is 22.8 Å². The number of rotatable bonds is 6. The molecule has 116 valence electrons. The molecule has 0 bridgehead atoms. The molecule has 1 heterocycles. The molecule has 0 fully saturated rings. The van der Waals surface area contributed by atoms with Crippen LogP contribution in [0.3, 0.4) is 0 Å². The lowest BCUT2D eigenvalue weighted by Gasteiger charge is -2.25. The molecule has 2 atom stereocenters. The molecule has 21 heavy (non-hydrogen) atoms. The van der Waals surface area contributed by atoms with Crippen molar-refractivity contribution in [1.29, 1.82) is 0 Å². The molecule has 0 N–H and O–H groups in total. The van der Waals surface area contributed by atoms with E-state index in [-0.39, 0.29) is 11.4 Å². The molecule has 3 nitrogen and oxygen atoms in total. The predicted molar refractivity (Wildman–Crippen MR) is 92.1 cm³/mol. The van der Waals surface area contributed by atoms with Crippen LogP contribution in [-0.2, 0) is 4.74 Å². The molecule has 1 aromatic carbocycles. The number of aromatic nitrogens is 2. The zero-order chi connectivity index (χ0) is 15.6. The normalized spacial score (nSPS) is 14.8. The van der Waals surface area contributed by atoms with E-state index in [1.165, 1.54) is 0 Å². The van der Waals surface area contributed by atoms with Crippen molar-refractivity contribution >= 4 is 38.6 Å². The zero-order valence-corrected chi connectivity index (χ0v) is 15.3. The van der Waals surface area contributed by atoms with E-state index in [0.717, 1.165) is 21.3 Å². The van der Waals surface area contributed by atoms with Gasteiger partial charge in [0.2, 0.25) is 0 Å². The number of benzene rings is 1. The Hall–Kier alpha value is -0.580. The highest BCUT2D eigenvalue weighted by molar-refractivity contribution is 9.10. The highest BCUT2D eigenvalue weighted by Gasteiger charge is 2.24. The van der Waals surface area contributed by atoms with Gasteiger partial charge in [-0.3, -0.25) is 0 Å². The lowest BCUT2D eigenvalue weighted by Crippen LogP contribution is -2.23. The van der Waals surface area contributed by atoms with E-state index in [9.17, 15) is 0 Å². The molecule has 1 aromatic heterocycles. The minimum atomic E-state index is -0.140. The number of alkyl halides is 1. The van der Waals surface area contributed by atoms with Crippen molar-refractivity contribution in [2.24, 2.45) is 5.92 Å². The van der Waals surface area contributed by atoms with Gasteiger partial charge < -0.3 is 9.30 Å². The molecule has 0 saturated carbocycles. The van der Waals surface area contributed by atoms with Crippen molar-refractivity contribution in [2.75, 3.05) is 13.2 Å². The van der Waals surface area contributed by atoms with Gasteiger partial charge in [0.25, 0.3) is 0 Å². The van der Waals surface area contributed by atoms with Gasteiger partial charge in [0.15, 0.2) is 0 Å². The van der Waals surface area contributed by atoms with Crippen molar-refractivity contribution in [1.82, 2.24) is 9.55 Å². The van der Waals surface area contributed by atoms with E-state index in [1.54, 1.807) is 0 Å². The molecule has 0 aliphatic heterocycles. The van der Waals surface area contributed by atoms with Gasteiger partial charge in [0, 0.05) is 11.1 Å². The van der Waals surface area contributed by atoms with Crippen LogP contribution in [0.2, 0.25) is 0 Å². The fourth-order valence-electron chi connectivity index (χ4n) is 2.52. The van der Waals surface area contributed by atoms with Gasteiger partial charge in [0.1, 0.15) is 5.82 Å². The van der Waals surface area contributed by atoms with Gasteiger partial charge in [-0.05, 0) is 38.0 Å². The van der Waals surface area contributed by atoms with Gasteiger partial charge in [0.05, 0.1) is 29.1 Å². The average molecular weight is 374 g/mol. The second-order valence-electron chi connectivity index (χ2n) is 5.56. The average Bonchev–Trinajstić information content (AvgIpc) is 2.77. The number of nitrogens with zero attached hydrogens (tertiary/aromatic N) is 2. The number of hydrogen-bond acceptors (Lipinski definition) is 2. The van der Waals surface area contributed by atoms with E-state index in [1.807, 2.05) is 26.0 Å². The second kappa shape index (κ2) is 7.12. The van der Waals surface area contributed by atoms with E-state index in [2.05, 4.69) is 40.4 Å². The van der Waals surface area contributed by atoms with Crippen LogP contribution < -0.4 is 0 Å². The third-order valence-electron chi connectivity index (χ3n) is 3.63. The molecular formula is C16H22BrClN2O. The van der Waals surface area contributed by atoms with E-state index in [4.69, 9.17) is 21.3 Å². The Morgan fingerprint density at radius 2 is 2.05 bits per heavy atom. The maximum Gasteiger partial charge on any atom is 0.128 e. The standard InChI is InChI=1S/C16H22BrClN2O/c1-5-21-9-15(10(2)3)20-14-7-6-12(17)8-13(14)19-16(20)11(4)18/h6-8,10-11,15H,5,9H2,1-4H3. The number of imidazole rings is 1. The van der Waals surface area contributed by atoms with Gasteiger partial charge >= 0.3 is 0 Å². The molecule has 0 aliphatic carbocycles. The Bertz CT molecular complexity index is 610. The molecule has 0 amide bonds. The summed E-state index contributed by atoms with van der Waals surface area (Å²) < 4.78 is 8.96. The summed E-state index contributed by atoms with van der Waals surface area (Å²) in [4.78, 5) is 4.73. The van der Waals surface area contributed by atoms with Crippen LogP contribution in [0, 0.1) is 5.92 Å². The molecule has 2 aromatic rings.